The summed E-state index contributed by atoms with van der Waals surface area (Å²) in [4.78, 5) is 28.1. The molecule has 2 aliphatic carbocycles. The fourth-order valence-corrected chi connectivity index (χ4v) is 5.12. The lowest BCUT2D eigenvalue weighted by atomic mass is 9.71. The van der Waals surface area contributed by atoms with E-state index < -0.39 is 12.0 Å². The van der Waals surface area contributed by atoms with E-state index in [4.69, 9.17) is 4.74 Å². The Bertz CT molecular complexity index is 1130. The molecule has 32 heavy (non-hydrogen) atoms. The molecular formula is C27H26N2O3. The molecule has 1 aliphatic heterocycles. The van der Waals surface area contributed by atoms with Gasteiger partial charge in [0.25, 0.3) is 0 Å². The predicted molar refractivity (Wildman–Crippen MR) is 125 cm³/mol. The fourth-order valence-electron chi connectivity index (χ4n) is 5.12. The van der Waals surface area contributed by atoms with Gasteiger partial charge in [-0.2, -0.15) is 0 Å². The van der Waals surface area contributed by atoms with E-state index in [1.54, 1.807) is 0 Å². The van der Waals surface area contributed by atoms with E-state index in [2.05, 4.69) is 29.6 Å². The normalized spacial score (nSPS) is 21.8. The Morgan fingerprint density at radius 3 is 2.69 bits per heavy atom. The summed E-state index contributed by atoms with van der Waals surface area (Å²) in [5.74, 6) is -0.162. The molecular weight excluding hydrogens is 400 g/mol. The molecule has 5 nitrogen and oxygen atoms in total. The van der Waals surface area contributed by atoms with Crippen molar-refractivity contribution in [2.45, 2.75) is 31.3 Å². The maximum absolute atomic E-state index is 13.7. The molecule has 0 spiro atoms. The van der Waals surface area contributed by atoms with Crippen LogP contribution >= 0.6 is 0 Å². The molecule has 5 rings (SSSR count). The lowest BCUT2D eigenvalue weighted by molar-refractivity contribution is -0.143. The minimum atomic E-state index is -0.869. The van der Waals surface area contributed by atoms with Crippen LogP contribution in [0.3, 0.4) is 0 Å². The highest BCUT2D eigenvalue weighted by Gasteiger charge is 2.41. The van der Waals surface area contributed by atoms with E-state index in [-0.39, 0.29) is 12.1 Å². The van der Waals surface area contributed by atoms with Crippen LogP contribution < -0.4 is 10.2 Å². The number of methoxy groups -OCH3 is 1. The van der Waals surface area contributed by atoms with Gasteiger partial charge >= 0.3 is 12.0 Å². The van der Waals surface area contributed by atoms with Crippen LogP contribution in [0.4, 0.5) is 10.5 Å². The van der Waals surface area contributed by atoms with Crippen molar-refractivity contribution in [3.05, 3.63) is 95.1 Å². The van der Waals surface area contributed by atoms with Crippen molar-refractivity contribution < 1.29 is 14.3 Å². The van der Waals surface area contributed by atoms with Gasteiger partial charge in [-0.1, -0.05) is 78.4 Å². The third-order valence-electron chi connectivity index (χ3n) is 6.65. The fraction of sp³-hybridized carbons (Fsp3) is 0.259. The molecule has 3 atom stereocenters. The minimum absolute atomic E-state index is 0.0346. The van der Waals surface area contributed by atoms with Gasteiger partial charge in [-0.15, -0.1) is 0 Å². The lowest BCUT2D eigenvalue weighted by Crippen LogP contribution is -2.52. The van der Waals surface area contributed by atoms with Crippen molar-refractivity contribution >= 4 is 23.8 Å². The molecule has 5 heteroatoms. The number of ether oxygens (including phenoxy) is 1. The molecule has 1 N–H and O–H groups in total. The Labute approximate surface area is 188 Å². The molecule has 1 heterocycles. The monoisotopic (exact) mass is 426 g/mol. The summed E-state index contributed by atoms with van der Waals surface area (Å²) >= 11 is 0. The third-order valence-corrected chi connectivity index (χ3v) is 6.65. The minimum Gasteiger partial charge on any atom is -0.467 e. The first-order valence-corrected chi connectivity index (χ1v) is 11.1. The zero-order valence-electron chi connectivity index (χ0n) is 18.0. The average Bonchev–Trinajstić information content (AvgIpc) is 2.85. The Balaban J connectivity index is 1.51. The number of urea groups is 1. The first-order valence-electron chi connectivity index (χ1n) is 11.1. The van der Waals surface area contributed by atoms with Crippen molar-refractivity contribution in [3.8, 4) is 0 Å². The maximum Gasteiger partial charge on any atom is 0.333 e. The number of anilines is 1. The molecule has 0 radical (unpaired) electrons. The summed E-state index contributed by atoms with van der Waals surface area (Å²) in [7, 11) is 1.34. The Kier molecular flexibility index (Phi) is 5.39. The van der Waals surface area contributed by atoms with Crippen LogP contribution in [0.2, 0.25) is 0 Å². The molecule has 2 aromatic rings. The van der Waals surface area contributed by atoms with Gasteiger partial charge in [0.1, 0.15) is 0 Å². The van der Waals surface area contributed by atoms with Gasteiger partial charge in [0, 0.05) is 5.92 Å². The number of esters is 1. The van der Waals surface area contributed by atoms with Gasteiger partial charge < -0.3 is 10.1 Å². The second-order valence-corrected chi connectivity index (χ2v) is 8.40. The third kappa shape index (κ3) is 3.54. The van der Waals surface area contributed by atoms with Crippen LogP contribution in [-0.2, 0) is 9.53 Å². The smallest absolute Gasteiger partial charge is 0.333 e. The van der Waals surface area contributed by atoms with Crippen molar-refractivity contribution in [2.24, 2.45) is 5.92 Å². The number of amides is 2. The molecule has 0 saturated heterocycles. The van der Waals surface area contributed by atoms with E-state index in [1.807, 2.05) is 59.5 Å². The van der Waals surface area contributed by atoms with Crippen molar-refractivity contribution in [3.63, 3.8) is 0 Å². The van der Waals surface area contributed by atoms with Crippen molar-refractivity contribution in [1.29, 1.82) is 0 Å². The number of carbonyl (C=O) groups is 2. The number of nitrogens with zero attached hydrogens (tertiary/aromatic N) is 1. The zero-order valence-corrected chi connectivity index (χ0v) is 18.0. The summed E-state index contributed by atoms with van der Waals surface area (Å²) < 4.78 is 5.00. The number of benzene rings is 2. The number of carbonyl (C=O) groups excluding carboxylic acids is 2. The Morgan fingerprint density at radius 2 is 1.88 bits per heavy atom. The number of fused-ring (bicyclic) bond motifs is 4. The maximum atomic E-state index is 13.7. The summed E-state index contributed by atoms with van der Waals surface area (Å²) in [5.41, 5.74) is 5.30. The first kappa shape index (κ1) is 20.3. The largest absolute Gasteiger partial charge is 0.467 e. The number of nitrogens with one attached hydrogen (secondary N) is 1. The molecule has 2 aromatic carbocycles. The van der Waals surface area contributed by atoms with Gasteiger partial charge in [-0.05, 0) is 42.0 Å². The van der Waals surface area contributed by atoms with Crippen LogP contribution in [-0.4, -0.2) is 25.2 Å². The highest BCUT2D eigenvalue weighted by Crippen LogP contribution is 2.46. The number of allylic oxidation sites excluding steroid dienone is 4. The predicted octanol–water partition coefficient (Wildman–Crippen LogP) is 5.18. The van der Waals surface area contributed by atoms with Gasteiger partial charge in [0.15, 0.2) is 6.04 Å². The van der Waals surface area contributed by atoms with Crippen LogP contribution in [0.1, 0.15) is 36.4 Å². The molecule has 0 bridgehead atoms. The molecule has 1 fully saturated rings. The number of rotatable bonds is 3. The van der Waals surface area contributed by atoms with E-state index in [0.29, 0.717) is 11.5 Å². The number of hydrogen-bond donors (Lipinski definition) is 1. The van der Waals surface area contributed by atoms with E-state index in [9.17, 15) is 9.59 Å². The van der Waals surface area contributed by atoms with E-state index in [0.717, 1.165) is 30.5 Å². The number of para-hydroxylation sites is 1. The summed E-state index contributed by atoms with van der Waals surface area (Å²) in [5, 5.41) is 2.96. The molecule has 1 saturated carbocycles. The molecule has 3 aliphatic rings. The van der Waals surface area contributed by atoms with Crippen molar-refractivity contribution in [2.75, 3.05) is 12.0 Å². The average molecular weight is 427 g/mol. The topological polar surface area (TPSA) is 58.6 Å². The summed E-state index contributed by atoms with van der Waals surface area (Å²) in [6.07, 6.45) is 11.6. The standard InChI is InChI=1S/C27H26N2O3/c1-32-26(30)25(19-10-3-2-4-11-19)28-27(31)29-23-14-8-6-12-20(23)17-22-21-13-7-5-9-18(21)15-16-24(22)29/h2-12,14,17,21,24-25H,13,15-16H2,1H3,(H,28,31). The summed E-state index contributed by atoms with van der Waals surface area (Å²) in [6, 6.07) is 16.0. The van der Waals surface area contributed by atoms with Gasteiger partial charge in [0.2, 0.25) is 0 Å². The molecule has 0 aromatic heterocycles. The van der Waals surface area contributed by atoms with E-state index >= 15 is 0 Å². The lowest BCUT2D eigenvalue weighted by Gasteiger charge is -2.44. The summed E-state index contributed by atoms with van der Waals surface area (Å²) in [6.45, 7) is 0. The molecule has 2 amide bonds. The highest BCUT2D eigenvalue weighted by atomic mass is 16.5. The zero-order chi connectivity index (χ0) is 22.1. The van der Waals surface area contributed by atoms with Gasteiger partial charge in [-0.3, -0.25) is 4.90 Å². The quantitative estimate of drug-likeness (QED) is 0.688. The van der Waals surface area contributed by atoms with Crippen LogP contribution in [0.5, 0.6) is 0 Å². The number of hydrogen-bond acceptors (Lipinski definition) is 3. The highest BCUT2D eigenvalue weighted by molar-refractivity contribution is 5.99. The SMILES string of the molecule is COC(=O)C(NC(=O)N1c2ccccc2C=C2C3CC=CC=C3CCC21)c1ccccc1. The second-order valence-electron chi connectivity index (χ2n) is 8.40. The Morgan fingerprint density at radius 1 is 1.09 bits per heavy atom. The van der Waals surface area contributed by atoms with E-state index in [1.165, 1.54) is 18.3 Å². The van der Waals surface area contributed by atoms with Gasteiger partial charge in [0.05, 0.1) is 18.8 Å². The molecule has 3 unspecified atom stereocenters. The Hall–Kier alpha value is -3.60. The van der Waals surface area contributed by atoms with Crippen LogP contribution in [0.25, 0.3) is 6.08 Å². The van der Waals surface area contributed by atoms with Crippen LogP contribution in [0, 0.1) is 5.92 Å². The first-order chi connectivity index (χ1) is 15.7. The van der Waals surface area contributed by atoms with Crippen LogP contribution in [0.15, 0.2) is 84.0 Å². The van der Waals surface area contributed by atoms with Gasteiger partial charge in [-0.25, -0.2) is 9.59 Å². The second kappa shape index (κ2) is 8.50. The molecule has 162 valence electrons. The van der Waals surface area contributed by atoms with Crippen molar-refractivity contribution in [1.82, 2.24) is 5.32 Å².